The fraction of sp³-hybridized carbons (Fsp3) is 0.556. The molecule has 2 saturated carbocycles. The summed E-state index contributed by atoms with van der Waals surface area (Å²) in [5.74, 6) is 1.48. The Morgan fingerprint density at radius 2 is 2.21 bits per heavy atom. The topological polar surface area (TPSA) is 59.0 Å². The molecule has 4 rings (SSSR count). The molecule has 2 unspecified atom stereocenters. The molecule has 0 bridgehead atoms. The molecule has 0 radical (unpaired) electrons. The Labute approximate surface area is 146 Å². The van der Waals surface area contributed by atoms with E-state index in [0.717, 1.165) is 27.7 Å². The fourth-order valence-electron chi connectivity index (χ4n) is 3.20. The lowest BCUT2D eigenvalue weighted by molar-refractivity contribution is 0.102. The Balaban J connectivity index is 1.41. The van der Waals surface area contributed by atoms with E-state index in [1.807, 2.05) is 27.1 Å². The van der Waals surface area contributed by atoms with Gasteiger partial charge in [0.15, 0.2) is 0 Å². The van der Waals surface area contributed by atoms with Crippen LogP contribution < -0.4 is 10.6 Å². The molecule has 2 aliphatic rings. The number of thiophene rings is 1. The summed E-state index contributed by atoms with van der Waals surface area (Å²) < 4.78 is 1.72. The zero-order chi connectivity index (χ0) is 16.8. The summed E-state index contributed by atoms with van der Waals surface area (Å²) >= 11 is 1.77. The van der Waals surface area contributed by atoms with Gasteiger partial charge in [-0.2, -0.15) is 5.10 Å². The predicted octanol–water partition coefficient (Wildman–Crippen LogP) is 3.21. The third-order valence-corrected chi connectivity index (χ3v) is 6.15. The summed E-state index contributed by atoms with van der Waals surface area (Å²) in [6.45, 7) is 5.11. The quantitative estimate of drug-likeness (QED) is 0.846. The van der Waals surface area contributed by atoms with Gasteiger partial charge < -0.3 is 10.6 Å². The van der Waals surface area contributed by atoms with Gasteiger partial charge in [0.25, 0.3) is 5.91 Å². The van der Waals surface area contributed by atoms with Gasteiger partial charge in [-0.25, -0.2) is 0 Å². The second-order valence-corrected chi connectivity index (χ2v) is 8.46. The second kappa shape index (κ2) is 6.01. The van der Waals surface area contributed by atoms with E-state index in [2.05, 4.69) is 21.8 Å². The number of aryl methyl sites for hydroxylation is 3. The molecule has 2 aliphatic carbocycles. The van der Waals surface area contributed by atoms with Crippen molar-refractivity contribution < 1.29 is 4.79 Å². The zero-order valence-electron chi connectivity index (χ0n) is 14.4. The Hall–Kier alpha value is -1.66. The van der Waals surface area contributed by atoms with Gasteiger partial charge in [0.05, 0.1) is 16.9 Å². The molecule has 2 aromatic rings. The number of nitrogens with one attached hydrogen (secondary N) is 2. The first-order valence-electron chi connectivity index (χ1n) is 8.66. The number of aromatic nitrogens is 2. The van der Waals surface area contributed by atoms with Gasteiger partial charge in [0.2, 0.25) is 0 Å². The highest BCUT2D eigenvalue weighted by Gasteiger charge is 2.40. The molecule has 2 atom stereocenters. The predicted molar refractivity (Wildman–Crippen MR) is 96.8 cm³/mol. The first-order chi connectivity index (χ1) is 11.5. The number of anilines is 1. The van der Waals surface area contributed by atoms with Gasteiger partial charge in [-0.15, -0.1) is 11.3 Å². The third-order valence-electron chi connectivity index (χ3n) is 4.96. The second-order valence-electron chi connectivity index (χ2n) is 7.17. The first-order valence-corrected chi connectivity index (χ1v) is 9.48. The highest BCUT2D eigenvalue weighted by molar-refractivity contribution is 7.12. The summed E-state index contributed by atoms with van der Waals surface area (Å²) in [5, 5.41) is 10.9. The van der Waals surface area contributed by atoms with Crippen LogP contribution in [-0.2, 0) is 7.05 Å². The molecule has 5 nitrogen and oxygen atoms in total. The van der Waals surface area contributed by atoms with Crippen molar-refractivity contribution in [2.45, 2.75) is 45.1 Å². The van der Waals surface area contributed by atoms with Crippen LogP contribution in [0.15, 0.2) is 12.3 Å². The lowest BCUT2D eigenvalue weighted by atomic mass is 10.2. The maximum atomic E-state index is 12.6. The number of rotatable bonds is 6. The average Bonchev–Trinajstić information content (AvgIpc) is 3.42. The van der Waals surface area contributed by atoms with Crippen LogP contribution >= 0.6 is 11.3 Å². The molecule has 0 spiro atoms. The van der Waals surface area contributed by atoms with Crippen LogP contribution in [0.4, 0.5) is 5.69 Å². The van der Waals surface area contributed by atoms with Gasteiger partial charge in [0.1, 0.15) is 0 Å². The Bertz CT molecular complexity index is 774. The minimum absolute atomic E-state index is 0.0331. The van der Waals surface area contributed by atoms with E-state index in [4.69, 9.17) is 0 Å². The molecule has 2 fully saturated rings. The minimum atomic E-state index is -0.0331. The lowest BCUT2D eigenvalue weighted by Gasteiger charge is -2.02. The van der Waals surface area contributed by atoms with Gasteiger partial charge in [0, 0.05) is 35.0 Å². The van der Waals surface area contributed by atoms with Gasteiger partial charge >= 0.3 is 0 Å². The van der Waals surface area contributed by atoms with Crippen molar-refractivity contribution in [3.8, 4) is 0 Å². The van der Waals surface area contributed by atoms with E-state index in [1.165, 1.54) is 30.7 Å². The lowest BCUT2D eigenvalue weighted by Crippen LogP contribution is -2.20. The summed E-state index contributed by atoms with van der Waals surface area (Å²) in [5.41, 5.74) is 2.42. The fourth-order valence-corrected chi connectivity index (χ4v) is 4.40. The molecule has 2 N–H and O–H groups in total. The smallest absolute Gasteiger partial charge is 0.256 e. The van der Waals surface area contributed by atoms with Gasteiger partial charge in [-0.3, -0.25) is 9.48 Å². The molecule has 0 saturated heterocycles. The van der Waals surface area contributed by atoms with Crippen molar-refractivity contribution in [1.82, 2.24) is 15.1 Å². The summed E-state index contributed by atoms with van der Waals surface area (Å²) in [6, 6.07) is 2.70. The van der Waals surface area contributed by atoms with E-state index in [1.54, 1.807) is 16.0 Å². The number of carbonyl (C=O) groups excluding carboxylic acids is 1. The molecule has 2 aromatic heterocycles. The number of carbonyl (C=O) groups is 1. The van der Waals surface area contributed by atoms with Crippen LogP contribution in [0.25, 0.3) is 0 Å². The molecular weight excluding hydrogens is 320 g/mol. The van der Waals surface area contributed by atoms with Crippen LogP contribution in [-0.4, -0.2) is 28.3 Å². The standard InChI is InChI=1S/C18H24N4OS/c1-10-16(9-22(3)21-10)20-18(23)13-7-17(24-11(13)2)14-6-15(14)19-8-12-4-5-12/h7,9,12,14-15,19H,4-6,8H2,1-3H3,(H,20,23). The van der Waals surface area contributed by atoms with Crippen LogP contribution in [0.1, 0.15) is 51.0 Å². The Morgan fingerprint density at radius 1 is 1.42 bits per heavy atom. The van der Waals surface area contributed by atoms with Crippen LogP contribution in [0.2, 0.25) is 0 Å². The molecule has 0 aliphatic heterocycles. The number of amides is 1. The highest BCUT2D eigenvalue weighted by atomic mass is 32.1. The molecule has 0 aromatic carbocycles. The minimum Gasteiger partial charge on any atom is -0.319 e. The van der Waals surface area contributed by atoms with Gasteiger partial charge in [-0.1, -0.05) is 0 Å². The molecule has 6 heteroatoms. The van der Waals surface area contributed by atoms with Crippen molar-refractivity contribution in [1.29, 1.82) is 0 Å². The summed E-state index contributed by atoms with van der Waals surface area (Å²) in [6.07, 6.45) is 5.82. The maximum absolute atomic E-state index is 12.6. The van der Waals surface area contributed by atoms with Crippen LogP contribution in [0.3, 0.4) is 0 Å². The maximum Gasteiger partial charge on any atom is 0.256 e. The Morgan fingerprint density at radius 3 is 2.88 bits per heavy atom. The highest BCUT2D eigenvalue weighted by Crippen LogP contribution is 2.45. The van der Waals surface area contributed by atoms with E-state index in [0.29, 0.717) is 12.0 Å². The van der Waals surface area contributed by atoms with Crippen molar-refractivity contribution in [3.63, 3.8) is 0 Å². The zero-order valence-corrected chi connectivity index (χ0v) is 15.2. The normalized spacial score (nSPS) is 22.6. The first kappa shape index (κ1) is 15.8. The van der Waals surface area contributed by atoms with E-state index >= 15 is 0 Å². The monoisotopic (exact) mass is 344 g/mol. The van der Waals surface area contributed by atoms with Crippen LogP contribution in [0, 0.1) is 19.8 Å². The van der Waals surface area contributed by atoms with Crippen molar-refractivity contribution in [3.05, 3.63) is 33.3 Å². The largest absolute Gasteiger partial charge is 0.319 e. The number of nitrogens with zero attached hydrogens (tertiary/aromatic N) is 2. The van der Waals surface area contributed by atoms with E-state index in [-0.39, 0.29) is 5.91 Å². The molecule has 24 heavy (non-hydrogen) atoms. The third kappa shape index (κ3) is 3.26. The molecule has 2 heterocycles. The van der Waals surface area contributed by atoms with Crippen molar-refractivity contribution in [2.24, 2.45) is 13.0 Å². The SMILES string of the molecule is Cc1nn(C)cc1NC(=O)c1cc(C2CC2NCC2CC2)sc1C. The number of hydrogen-bond acceptors (Lipinski definition) is 4. The number of hydrogen-bond donors (Lipinski definition) is 2. The van der Waals surface area contributed by atoms with E-state index in [9.17, 15) is 4.79 Å². The van der Waals surface area contributed by atoms with Crippen molar-refractivity contribution >= 4 is 22.9 Å². The molecule has 1 amide bonds. The summed E-state index contributed by atoms with van der Waals surface area (Å²) in [7, 11) is 1.86. The van der Waals surface area contributed by atoms with Crippen LogP contribution in [0.5, 0.6) is 0 Å². The summed E-state index contributed by atoms with van der Waals surface area (Å²) in [4.78, 5) is 15.0. The van der Waals surface area contributed by atoms with E-state index < -0.39 is 0 Å². The molecular formula is C18H24N4OS. The molecule has 128 valence electrons. The average molecular weight is 344 g/mol. The van der Waals surface area contributed by atoms with Gasteiger partial charge in [-0.05, 0) is 51.6 Å². The van der Waals surface area contributed by atoms with Crippen molar-refractivity contribution in [2.75, 3.05) is 11.9 Å². The Kier molecular flexibility index (Phi) is 3.96.